The first kappa shape index (κ1) is 17.8. The molecule has 0 radical (unpaired) electrons. The quantitative estimate of drug-likeness (QED) is 0.759. The Morgan fingerprint density at radius 3 is 2.19 bits per heavy atom. The summed E-state index contributed by atoms with van der Waals surface area (Å²) < 4.78 is 28.6. The summed E-state index contributed by atoms with van der Waals surface area (Å²) in [7, 11) is 6.11. The second kappa shape index (κ2) is 8.92. The molecule has 0 aliphatic rings. The van der Waals surface area contributed by atoms with Crippen molar-refractivity contribution in [3.05, 3.63) is 29.8 Å². The van der Waals surface area contributed by atoms with Crippen LogP contribution in [-0.4, -0.2) is 57.2 Å². The minimum Gasteiger partial charge on any atom is -0.435 e. The molecule has 0 saturated heterocycles. The van der Waals surface area contributed by atoms with E-state index in [-0.39, 0.29) is 11.8 Å². The average molecular weight is 301 g/mol. The summed E-state index contributed by atoms with van der Waals surface area (Å²) in [6.45, 7) is -0.374. The van der Waals surface area contributed by atoms with Crippen LogP contribution in [0, 0.1) is 0 Å². The fourth-order valence-electron chi connectivity index (χ4n) is 2.23. The number of hydrogen-bond donors (Lipinski definition) is 1. The van der Waals surface area contributed by atoms with Crippen molar-refractivity contribution >= 4 is 0 Å². The van der Waals surface area contributed by atoms with E-state index < -0.39 is 6.61 Å². The van der Waals surface area contributed by atoms with Crippen molar-refractivity contribution in [1.29, 1.82) is 0 Å². The van der Waals surface area contributed by atoms with Gasteiger partial charge in [-0.25, -0.2) is 0 Å². The Labute approximate surface area is 125 Å². The largest absolute Gasteiger partial charge is 0.435 e. The summed E-state index contributed by atoms with van der Waals surface area (Å²) in [5, 5.41) is 0. The highest BCUT2D eigenvalue weighted by molar-refractivity contribution is 5.29. The van der Waals surface area contributed by atoms with Crippen molar-refractivity contribution in [3.8, 4) is 5.75 Å². The van der Waals surface area contributed by atoms with E-state index in [1.807, 2.05) is 21.1 Å². The van der Waals surface area contributed by atoms with Crippen LogP contribution in [0.5, 0.6) is 5.75 Å². The summed E-state index contributed by atoms with van der Waals surface area (Å²) in [5.74, 6) is 0.166. The van der Waals surface area contributed by atoms with Gasteiger partial charge in [-0.05, 0) is 58.3 Å². The van der Waals surface area contributed by atoms with Gasteiger partial charge in [-0.2, -0.15) is 8.78 Å². The van der Waals surface area contributed by atoms with E-state index in [2.05, 4.69) is 14.5 Å². The zero-order valence-electron chi connectivity index (χ0n) is 12.9. The van der Waals surface area contributed by atoms with Gasteiger partial charge in [-0.3, -0.25) is 4.90 Å². The molecule has 1 unspecified atom stereocenters. The van der Waals surface area contributed by atoms with E-state index >= 15 is 0 Å². The molecule has 0 bridgehead atoms. The van der Waals surface area contributed by atoms with Crippen LogP contribution in [0.25, 0.3) is 0 Å². The number of likely N-dealkylation sites (N-methyl/N-ethyl adjacent to an activating group) is 1. The lowest BCUT2D eigenvalue weighted by Crippen LogP contribution is -2.32. The maximum atomic E-state index is 12.1. The van der Waals surface area contributed by atoms with Gasteiger partial charge in [-0.15, -0.1) is 0 Å². The van der Waals surface area contributed by atoms with Crippen molar-refractivity contribution < 1.29 is 13.5 Å². The zero-order valence-corrected chi connectivity index (χ0v) is 12.9. The highest BCUT2D eigenvalue weighted by Gasteiger charge is 2.15. The number of nitrogens with zero attached hydrogens (tertiary/aromatic N) is 2. The highest BCUT2D eigenvalue weighted by atomic mass is 19.3. The maximum absolute atomic E-state index is 12.1. The lowest BCUT2D eigenvalue weighted by molar-refractivity contribution is -0.0498. The number of rotatable bonds is 9. The van der Waals surface area contributed by atoms with Crippen LogP contribution < -0.4 is 10.5 Å². The molecule has 1 aromatic rings. The fraction of sp³-hybridized carbons (Fsp3) is 0.600. The third-order valence-electron chi connectivity index (χ3n) is 3.36. The molecule has 1 atom stereocenters. The van der Waals surface area contributed by atoms with Gasteiger partial charge in [0, 0.05) is 12.6 Å². The van der Waals surface area contributed by atoms with Crippen molar-refractivity contribution in [2.45, 2.75) is 19.1 Å². The summed E-state index contributed by atoms with van der Waals surface area (Å²) in [6.07, 6.45) is 1.05. The molecular formula is C15H25F2N3O. The molecule has 1 rings (SSSR count). The predicted molar refractivity (Wildman–Crippen MR) is 80.7 cm³/mol. The van der Waals surface area contributed by atoms with Crippen molar-refractivity contribution in [2.75, 3.05) is 40.8 Å². The third-order valence-corrected chi connectivity index (χ3v) is 3.36. The highest BCUT2D eigenvalue weighted by Crippen LogP contribution is 2.22. The maximum Gasteiger partial charge on any atom is 0.387 e. The normalized spacial score (nSPS) is 13.2. The molecule has 0 saturated carbocycles. The standard InChI is InChI=1S/C15H25F2N3O/c1-19(2)9-4-10-20(3)14(11-18)12-5-7-13(8-6-12)21-15(16)17/h5-8,14-15H,4,9-11,18H2,1-3H3. The van der Waals surface area contributed by atoms with E-state index in [9.17, 15) is 8.78 Å². The lowest BCUT2D eigenvalue weighted by Gasteiger charge is -2.28. The Kier molecular flexibility index (Phi) is 7.56. The van der Waals surface area contributed by atoms with Crippen LogP contribution in [0.4, 0.5) is 8.78 Å². The van der Waals surface area contributed by atoms with Gasteiger partial charge >= 0.3 is 6.61 Å². The zero-order chi connectivity index (χ0) is 15.8. The second-order valence-electron chi connectivity index (χ2n) is 5.34. The minimum absolute atomic E-state index is 0.0766. The molecule has 6 heteroatoms. The van der Waals surface area contributed by atoms with Crippen LogP contribution in [-0.2, 0) is 0 Å². The molecule has 120 valence electrons. The van der Waals surface area contributed by atoms with Gasteiger partial charge in [0.25, 0.3) is 0 Å². The molecule has 0 heterocycles. The number of nitrogens with two attached hydrogens (primary N) is 1. The van der Waals surface area contributed by atoms with Gasteiger partial charge in [0.15, 0.2) is 0 Å². The molecular weight excluding hydrogens is 276 g/mol. The Morgan fingerprint density at radius 1 is 1.10 bits per heavy atom. The number of ether oxygens (including phenoxy) is 1. The summed E-state index contributed by atoms with van der Waals surface area (Å²) in [5.41, 5.74) is 6.86. The predicted octanol–water partition coefficient (Wildman–Crippen LogP) is 2.17. The van der Waals surface area contributed by atoms with Gasteiger partial charge in [0.1, 0.15) is 5.75 Å². The number of hydrogen-bond acceptors (Lipinski definition) is 4. The van der Waals surface area contributed by atoms with Gasteiger partial charge in [-0.1, -0.05) is 12.1 Å². The molecule has 4 nitrogen and oxygen atoms in total. The van der Waals surface area contributed by atoms with E-state index in [0.717, 1.165) is 25.1 Å². The van der Waals surface area contributed by atoms with E-state index in [4.69, 9.17) is 5.73 Å². The molecule has 2 N–H and O–H groups in total. The Hall–Kier alpha value is -1.24. The Morgan fingerprint density at radius 2 is 1.71 bits per heavy atom. The van der Waals surface area contributed by atoms with Gasteiger partial charge in [0.05, 0.1) is 0 Å². The average Bonchev–Trinajstić information content (AvgIpc) is 2.40. The second-order valence-corrected chi connectivity index (χ2v) is 5.34. The molecule has 0 spiro atoms. The van der Waals surface area contributed by atoms with Crippen molar-refractivity contribution in [1.82, 2.24) is 9.80 Å². The van der Waals surface area contributed by atoms with Crippen LogP contribution in [0.2, 0.25) is 0 Å². The topological polar surface area (TPSA) is 41.7 Å². The van der Waals surface area contributed by atoms with Crippen molar-refractivity contribution in [3.63, 3.8) is 0 Å². The van der Waals surface area contributed by atoms with Crippen LogP contribution in [0.3, 0.4) is 0 Å². The molecule has 21 heavy (non-hydrogen) atoms. The fourth-order valence-corrected chi connectivity index (χ4v) is 2.23. The van der Waals surface area contributed by atoms with Crippen LogP contribution in [0.1, 0.15) is 18.0 Å². The van der Waals surface area contributed by atoms with Crippen molar-refractivity contribution in [2.24, 2.45) is 5.73 Å². The summed E-state index contributed by atoms with van der Waals surface area (Å²) >= 11 is 0. The van der Waals surface area contributed by atoms with Gasteiger partial charge < -0.3 is 15.4 Å². The monoisotopic (exact) mass is 301 g/mol. The Bertz CT molecular complexity index is 398. The molecule has 0 aliphatic carbocycles. The molecule has 0 aliphatic heterocycles. The minimum atomic E-state index is -2.80. The van der Waals surface area contributed by atoms with Crippen LogP contribution in [0.15, 0.2) is 24.3 Å². The summed E-state index contributed by atoms with van der Waals surface area (Å²) in [4.78, 5) is 4.33. The molecule has 0 aromatic heterocycles. The van der Waals surface area contributed by atoms with E-state index in [1.165, 1.54) is 0 Å². The van der Waals surface area contributed by atoms with E-state index in [1.54, 1.807) is 24.3 Å². The molecule has 0 amide bonds. The lowest BCUT2D eigenvalue weighted by atomic mass is 10.1. The Balaban J connectivity index is 2.62. The number of alkyl halides is 2. The number of benzene rings is 1. The smallest absolute Gasteiger partial charge is 0.387 e. The molecule has 0 fully saturated rings. The van der Waals surface area contributed by atoms with E-state index in [0.29, 0.717) is 6.54 Å². The first-order chi connectivity index (χ1) is 9.93. The first-order valence-electron chi connectivity index (χ1n) is 7.04. The molecule has 1 aromatic carbocycles. The van der Waals surface area contributed by atoms with Gasteiger partial charge in [0.2, 0.25) is 0 Å². The SMILES string of the molecule is CN(C)CCCN(C)C(CN)c1ccc(OC(F)F)cc1. The third kappa shape index (κ3) is 6.37. The van der Waals surface area contributed by atoms with Crippen LogP contribution >= 0.6 is 0 Å². The number of halogens is 2. The summed E-state index contributed by atoms with van der Waals surface area (Å²) in [6, 6.07) is 6.76. The first-order valence-corrected chi connectivity index (χ1v) is 7.04.